The van der Waals surface area contributed by atoms with Crippen LogP contribution in [0, 0.1) is 0 Å². The summed E-state index contributed by atoms with van der Waals surface area (Å²) in [4.78, 5) is 16.4. The van der Waals surface area contributed by atoms with Gasteiger partial charge in [0.25, 0.3) is 0 Å². The Morgan fingerprint density at radius 3 is 2.43 bits per heavy atom. The first kappa shape index (κ1) is 20.5. The fraction of sp³-hybridized carbons (Fsp3) is 0.526. The normalized spacial score (nSPS) is 17.1. The van der Waals surface area contributed by atoms with E-state index in [0.717, 1.165) is 32.1 Å². The van der Waals surface area contributed by atoms with Gasteiger partial charge in [-0.25, -0.2) is 8.42 Å². The third-order valence-corrected chi connectivity index (χ3v) is 6.84. The molecule has 1 amide bonds. The lowest BCUT2D eigenvalue weighted by molar-refractivity contribution is 0.0895. The SMILES string of the molecule is CC[C@H](C)NC(=O)c1nc(-c2ccc(S(=O)(=O)N3CCCCCC3)cc2)no1. The lowest BCUT2D eigenvalue weighted by Gasteiger charge is -2.19. The molecule has 1 N–H and O–H groups in total. The van der Waals surface area contributed by atoms with Crippen molar-refractivity contribution >= 4 is 15.9 Å². The highest BCUT2D eigenvalue weighted by Crippen LogP contribution is 2.23. The van der Waals surface area contributed by atoms with Crippen molar-refractivity contribution in [2.45, 2.75) is 56.9 Å². The van der Waals surface area contributed by atoms with Gasteiger partial charge in [0, 0.05) is 24.7 Å². The van der Waals surface area contributed by atoms with E-state index in [0.29, 0.717) is 18.7 Å². The molecular weight excluding hydrogens is 380 g/mol. The van der Waals surface area contributed by atoms with E-state index in [1.165, 1.54) is 0 Å². The highest BCUT2D eigenvalue weighted by atomic mass is 32.2. The minimum atomic E-state index is -3.50. The molecule has 1 atom stereocenters. The summed E-state index contributed by atoms with van der Waals surface area (Å²) in [6, 6.07) is 6.36. The van der Waals surface area contributed by atoms with Crippen LogP contribution in [0.1, 0.15) is 56.6 Å². The van der Waals surface area contributed by atoms with Gasteiger partial charge in [-0.2, -0.15) is 9.29 Å². The van der Waals surface area contributed by atoms with Gasteiger partial charge in [-0.1, -0.05) is 24.9 Å². The monoisotopic (exact) mass is 406 g/mol. The molecule has 1 aliphatic heterocycles. The zero-order chi connectivity index (χ0) is 20.1. The summed E-state index contributed by atoms with van der Waals surface area (Å²) in [6.45, 7) is 4.97. The highest BCUT2D eigenvalue weighted by Gasteiger charge is 2.25. The average molecular weight is 407 g/mol. The summed E-state index contributed by atoms with van der Waals surface area (Å²) in [5.74, 6) is -0.293. The Hall–Kier alpha value is -2.26. The molecule has 1 fully saturated rings. The van der Waals surface area contributed by atoms with Crippen LogP contribution in [0.4, 0.5) is 0 Å². The zero-order valence-corrected chi connectivity index (χ0v) is 17.0. The molecule has 1 aromatic heterocycles. The molecule has 152 valence electrons. The van der Waals surface area contributed by atoms with E-state index in [1.54, 1.807) is 28.6 Å². The van der Waals surface area contributed by atoms with Gasteiger partial charge in [-0.15, -0.1) is 0 Å². The van der Waals surface area contributed by atoms with Crippen LogP contribution in [0.15, 0.2) is 33.7 Å². The van der Waals surface area contributed by atoms with Crippen molar-refractivity contribution in [2.75, 3.05) is 13.1 Å². The molecule has 28 heavy (non-hydrogen) atoms. The number of hydrogen-bond acceptors (Lipinski definition) is 6. The standard InChI is InChI=1S/C19H26N4O4S/c1-3-14(2)20-18(24)19-21-17(22-27-19)15-8-10-16(11-9-15)28(25,26)23-12-6-4-5-7-13-23/h8-11,14H,3-7,12-13H2,1-2H3,(H,20,24)/t14-/m0/s1. The maximum absolute atomic E-state index is 12.8. The number of hydrogen-bond donors (Lipinski definition) is 1. The van der Waals surface area contributed by atoms with E-state index in [9.17, 15) is 13.2 Å². The van der Waals surface area contributed by atoms with Gasteiger partial charge in [0.05, 0.1) is 4.90 Å². The van der Waals surface area contributed by atoms with Crippen LogP contribution < -0.4 is 5.32 Å². The summed E-state index contributed by atoms with van der Waals surface area (Å²) >= 11 is 0. The first-order valence-electron chi connectivity index (χ1n) is 9.67. The van der Waals surface area contributed by atoms with Gasteiger partial charge < -0.3 is 9.84 Å². The van der Waals surface area contributed by atoms with E-state index >= 15 is 0 Å². The lowest BCUT2D eigenvalue weighted by Crippen LogP contribution is -2.32. The number of aromatic nitrogens is 2. The molecule has 0 radical (unpaired) electrons. The summed E-state index contributed by atoms with van der Waals surface area (Å²) in [7, 11) is -3.50. The number of benzene rings is 1. The van der Waals surface area contributed by atoms with E-state index in [1.807, 2.05) is 13.8 Å². The first-order valence-corrected chi connectivity index (χ1v) is 11.1. The van der Waals surface area contributed by atoms with Gasteiger partial charge >= 0.3 is 11.8 Å². The van der Waals surface area contributed by atoms with Crippen molar-refractivity contribution in [3.8, 4) is 11.4 Å². The summed E-state index contributed by atoms with van der Waals surface area (Å²) in [5, 5.41) is 6.59. The molecule has 2 heterocycles. The number of nitrogens with one attached hydrogen (secondary N) is 1. The molecule has 0 bridgehead atoms. The second-order valence-electron chi connectivity index (χ2n) is 7.05. The molecule has 0 unspecified atom stereocenters. The molecule has 1 aliphatic rings. The Kier molecular flexibility index (Phi) is 6.46. The largest absolute Gasteiger partial charge is 0.345 e. The fourth-order valence-electron chi connectivity index (χ4n) is 3.03. The van der Waals surface area contributed by atoms with E-state index < -0.39 is 15.9 Å². The van der Waals surface area contributed by atoms with Crippen molar-refractivity contribution in [2.24, 2.45) is 0 Å². The number of carbonyl (C=O) groups excluding carboxylic acids is 1. The van der Waals surface area contributed by atoms with Gasteiger partial charge in [-0.05, 0) is 50.5 Å². The number of carbonyl (C=O) groups is 1. The Balaban J connectivity index is 1.75. The number of rotatable bonds is 6. The molecule has 1 saturated heterocycles. The van der Waals surface area contributed by atoms with E-state index in [2.05, 4.69) is 15.5 Å². The van der Waals surface area contributed by atoms with Crippen molar-refractivity contribution in [1.29, 1.82) is 0 Å². The molecule has 9 heteroatoms. The predicted molar refractivity (Wildman–Crippen MR) is 104 cm³/mol. The van der Waals surface area contributed by atoms with Crippen LogP contribution in [-0.4, -0.2) is 47.9 Å². The highest BCUT2D eigenvalue weighted by molar-refractivity contribution is 7.89. The molecule has 0 aliphatic carbocycles. The zero-order valence-electron chi connectivity index (χ0n) is 16.2. The summed E-state index contributed by atoms with van der Waals surface area (Å²) < 4.78 is 32.3. The van der Waals surface area contributed by atoms with Crippen LogP contribution in [0.25, 0.3) is 11.4 Å². The van der Waals surface area contributed by atoms with Gasteiger partial charge in [0.15, 0.2) is 0 Å². The summed E-state index contributed by atoms with van der Waals surface area (Å²) in [6.07, 6.45) is 4.70. The molecule has 8 nitrogen and oxygen atoms in total. The van der Waals surface area contributed by atoms with Crippen molar-refractivity contribution in [3.05, 3.63) is 30.2 Å². The van der Waals surface area contributed by atoms with Gasteiger partial charge in [0.1, 0.15) is 0 Å². The van der Waals surface area contributed by atoms with E-state index in [-0.39, 0.29) is 22.7 Å². The topological polar surface area (TPSA) is 105 Å². The van der Waals surface area contributed by atoms with Crippen LogP contribution in [0.5, 0.6) is 0 Å². The molecule has 3 rings (SSSR count). The second-order valence-corrected chi connectivity index (χ2v) is 8.99. The fourth-order valence-corrected chi connectivity index (χ4v) is 4.54. The van der Waals surface area contributed by atoms with Crippen LogP contribution in [-0.2, 0) is 10.0 Å². The lowest BCUT2D eigenvalue weighted by atomic mass is 10.2. The van der Waals surface area contributed by atoms with Crippen LogP contribution in [0.2, 0.25) is 0 Å². The van der Waals surface area contributed by atoms with Crippen LogP contribution in [0.3, 0.4) is 0 Å². The third kappa shape index (κ3) is 4.59. The minimum Gasteiger partial charge on any atom is -0.345 e. The Morgan fingerprint density at radius 2 is 1.82 bits per heavy atom. The van der Waals surface area contributed by atoms with E-state index in [4.69, 9.17) is 4.52 Å². The average Bonchev–Trinajstić information content (AvgIpc) is 3.03. The van der Waals surface area contributed by atoms with Crippen molar-refractivity contribution in [3.63, 3.8) is 0 Å². The molecule has 0 spiro atoms. The molecule has 2 aromatic rings. The Bertz CT molecular complexity index is 900. The smallest absolute Gasteiger partial charge is 0.316 e. The minimum absolute atomic E-state index is 0.00586. The Morgan fingerprint density at radius 1 is 1.18 bits per heavy atom. The first-order chi connectivity index (χ1) is 13.4. The number of amides is 1. The molecular formula is C19H26N4O4S. The van der Waals surface area contributed by atoms with Gasteiger partial charge in [-0.3, -0.25) is 4.79 Å². The summed E-state index contributed by atoms with van der Waals surface area (Å²) in [5.41, 5.74) is 0.584. The number of nitrogens with zero attached hydrogens (tertiary/aromatic N) is 3. The third-order valence-electron chi connectivity index (χ3n) is 4.93. The predicted octanol–water partition coefficient (Wildman–Crippen LogP) is 2.83. The second kappa shape index (κ2) is 8.83. The van der Waals surface area contributed by atoms with Gasteiger partial charge in [0.2, 0.25) is 15.8 Å². The van der Waals surface area contributed by atoms with Crippen molar-refractivity contribution in [1.82, 2.24) is 19.8 Å². The maximum atomic E-state index is 12.8. The van der Waals surface area contributed by atoms with Crippen molar-refractivity contribution < 1.29 is 17.7 Å². The number of sulfonamides is 1. The maximum Gasteiger partial charge on any atom is 0.316 e. The molecule has 0 saturated carbocycles. The Labute approximate surface area is 165 Å². The quantitative estimate of drug-likeness (QED) is 0.791. The molecule has 1 aromatic carbocycles. The van der Waals surface area contributed by atoms with Crippen LogP contribution >= 0.6 is 0 Å².